The average Bonchev–Trinajstić information content (AvgIpc) is 1.97. The highest BCUT2D eigenvalue weighted by Crippen LogP contribution is 2.26. The van der Waals surface area contributed by atoms with E-state index in [-0.39, 0.29) is 5.56 Å². The topological polar surface area (TPSA) is 135 Å². The summed E-state index contributed by atoms with van der Waals surface area (Å²) in [5.41, 5.74) is 4.77. The molecule has 90 valence electrons. The van der Waals surface area contributed by atoms with E-state index in [9.17, 15) is 16.8 Å². The van der Waals surface area contributed by atoms with E-state index < -0.39 is 35.7 Å². The minimum absolute atomic E-state index is 0.0740. The first-order chi connectivity index (χ1) is 7.03. The summed E-state index contributed by atoms with van der Waals surface area (Å²) < 4.78 is 60.9. The van der Waals surface area contributed by atoms with E-state index in [1.54, 1.807) is 0 Å². The molecule has 0 aliphatic carbocycles. The summed E-state index contributed by atoms with van der Waals surface area (Å²) in [5.74, 6) is 0. The second-order valence-corrected chi connectivity index (χ2v) is 5.89. The third-order valence-corrected chi connectivity index (χ3v) is 3.74. The number of hydrogen-bond acceptors (Lipinski definition) is 5. The van der Waals surface area contributed by atoms with Crippen molar-refractivity contribution in [1.82, 2.24) is 0 Å². The maximum atomic E-state index is 10.9. The van der Waals surface area contributed by atoms with Crippen LogP contribution in [-0.2, 0) is 20.2 Å². The summed E-state index contributed by atoms with van der Waals surface area (Å²) in [6, 6.07) is 1.65. The van der Waals surface area contributed by atoms with Gasteiger partial charge in [0.05, 0.1) is 10.6 Å². The Balaban J connectivity index is 3.66. The molecule has 0 atom stereocenters. The van der Waals surface area contributed by atoms with E-state index in [0.29, 0.717) is 0 Å². The van der Waals surface area contributed by atoms with Gasteiger partial charge in [0, 0.05) is 0 Å². The standard InChI is InChI=1S/C7H9NO6S2/c1-4-2-5(15(9,10)11)3-6(8)7(4)16(12,13)14/h2-3H,8H2,1H3,(H,9,10,11)(H,12,13,14). The summed E-state index contributed by atoms with van der Waals surface area (Å²) in [7, 11) is -8.99. The number of hydrogen-bond donors (Lipinski definition) is 3. The molecule has 0 amide bonds. The molecule has 0 saturated heterocycles. The lowest BCUT2D eigenvalue weighted by molar-refractivity contribution is 0.478. The molecule has 1 rings (SSSR count). The van der Waals surface area contributed by atoms with Gasteiger partial charge in [-0.1, -0.05) is 0 Å². The highest BCUT2D eigenvalue weighted by molar-refractivity contribution is 7.86. The lowest BCUT2D eigenvalue weighted by atomic mass is 10.2. The number of nitrogen functional groups attached to an aromatic ring is 1. The van der Waals surface area contributed by atoms with Crippen LogP contribution in [0.4, 0.5) is 5.69 Å². The SMILES string of the molecule is Cc1cc(S(=O)(=O)O)cc(N)c1S(=O)(=O)O. The number of anilines is 1. The van der Waals surface area contributed by atoms with Crippen molar-refractivity contribution in [3.05, 3.63) is 17.7 Å². The molecule has 0 fully saturated rings. The third kappa shape index (κ3) is 2.50. The van der Waals surface area contributed by atoms with E-state index in [2.05, 4.69) is 0 Å². The van der Waals surface area contributed by atoms with Crippen molar-refractivity contribution < 1.29 is 25.9 Å². The molecule has 0 aromatic heterocycles. The molecule has 16 heavy (non-hydrogen) atoms. The molecule has 0 aliphatic heterocycles. The zero-order valence-corrected chi connectivity index (χ0v) is 9.71. The van der Waals surface area contributed by atoms with E-state index >= 15 is 0 Å². The predicted octanol–water partition coefficient (Wildman–Crippen LogP) is 0.0706. The average molecular weight is 267 g/mol. The molecular formula is C7H9NO6S2. The molecule has 0 radical (unpaired) electrons. The zero-order chi connectivity index (χ0) is 12.7. The quantitative estimate of drug-likeness (QED) is 0.509. The van der Waals surface area contributed by atoms with Crippen molar-refractivity contribution in [3.63, 3.8) is 0 Å². The second kappa shape index (κ2) is 3.70. The van der Waals surface area contributed by atoms with Gasteiger partial charge >= 0.3 is 0 Å². The second-order valence-electron chi connectivity index (χ2n) is 3.11. The maximum absolute atomic E-state index is 10.9. The minimum Gasteiger partial charge on any atom is -0.398 e. The summed E-state index contributed by atoms with van der Waals surface area (Å²) in [6.45, 7) is 1.24. The van der Waals surface area contributed by atoms with E-state index in [0.717, 1.165) is 12.1 Å². The molecule has 1 aromatic rings. The van der Waals surface area contributed by atoms with Gasteiger partial charge in [0.2, 0.25) is 0 Å². The Morgan fingerprint density at radius 3 is 1.88 bits per heavy atom. The maximum Gasteiger partial charge on any atom is 0.296 e. The Kier molecular flexibility index (Phi) is 2.98. The van der Waals surface area contributed by atoms with Gasteiger partial charge in [0.15, 0.2) is 0 Å². The van der Waals surface area contributed by atoms with Gasteiger partial charge in [-0.05, 0) is 24.6 Å². The molecule has 0 bridgehead atoms. The smallest absolute Gasteiger partial charge is 0.296 e. The van der Waals surface area contributed by atoms with Gasteiger partial charge in [0.1, 0.15) is 4.90 Å². The normalized spacial score (nSPS) is 12.7. The van der Waals surface area contributed by atoms with Crippen LogP contribution in [0.5, 0.6) is 0 Å². The van der Waals surface area contributed by atoms with E-state index in [1.165, 1.54) is 6.92 Å². The van der Waals surface area contributed by atoms with Gasteiger partial charge < -0.3 is 5.73 Å². The Bertz CT molecular complexity index is 608. The van der Waals surface area contributed by atoms with Gasteiger partial charge in [0.25, 0.3) is 20.2 Å². The molecule has 9 heteroatoms. The van der Waals surface area contributed by atoms with Crippen LogP contribution in [-0.4, -0.2) is 25.9 Å². The summed E-state index contributed by atoms with van der Waals surface area (Å²) in [6.07, 6.45) is 0. The Morgan fingerprint density at radius 2 is 1.56 bits per heavy atom. The summed E-state index contributed by atoms with van der Waals surface area (Å²) in [5, 5.41) is 0. The molecule has 7 nitrogen and oxygen atoms in total. The number of aryl methyl sites for hydroxylation is 1. The van der Waals surface area contributed by atoms with Gasteiger partial charge in [-0.3, -0.25) is 9.11 Å². The molecule has 0 aliphatic rings. The van der Waals surface area contributed by atoms with Crippen molar-refractivity contribution in [2.45, 2.75) is 16.7 Å². The van der Waals surface area contributed by atoms with E-state index in [4.69, 9.17) is 14.8 Å². The largest absolute Gasteiger partial charge is 0.398 e. The Labute approximate surface area is 92.4 Å². The van der Waals surface area contributed by atoms with Crippen LogP contribution in [0.15, 0.2) is 21.9 Å². The molecule has 0 unspecified atom stereocenters. The molecule has 4 N–H and O–H groups in total. The van der Waals surface area contributed by atoms with Crippen LogP contribution in [0.3, 0.4) is 0 Å². The van der Waals surface area contributed by atoms with Gasteiger partial charge in [-0.2, -0.15) is 16.8 Å². The Morgan fingerprint density at radius 1 is 1.06 bits per heavy atom. The van der Waals surface area contributed by atoms with Crippen LogP contribution >= 0.6 is 0 Å². The number of rotatable bonds is 2. The van der Waals surface area contributed by atoms with Crippen molar-refractivity contribution in [3.8, 4) is 0 Å². The zero-order valence-electron chi connectivity index (χ0n) is 8.08. The van der Waals surface area contributed by atoms with Crippen LogP contribution in [0.2, 0.25) is 0 Å². The first-order valence-corrected chi connectivity index (χ1v) is 6.76. The molecule has 1 aromatic carbocycles. The summed E-state index contributed by atoms with van der Waals surface area (Å²) >= 11 is 0. The van der Waals surface area contributed by atoms with Crippen LogP contribution in [0, 0.1) is 6.92 Å². The summed E-state index contributed by atoms with van der Waals surface area (Å²) in [4.78, 5) is -1.10. The first-order valence-electron chi connectivity index (χ1n) is 3.88. The number of benzene rings is 1. The minimum atomic E-state index is -4.53. The van der Waals surface area contributed by atoms with Gasteiger partial charge in [-0.15, -0.1) is 0 Å². The molecule has 0 heterocycles. The first kappa shape index (κ1) is 12.9. The van der Waals surface area contributed by atoms with E-state index in [1.807, 2.05) is 0 Å². The van der Waals surface area contributed by atoms with Crippen LogP contribution in [0.25, 0.3) is 0 Å². The molecule has 0 saturated carbocycles. The highest BCUT2D eigenvalue weighted by Gasteiger charge is 2.21. The fraction of sp³-hybridized carbons (Fsp3) is 0.143. The lowest BCUT2D eigenvalue weighted by Gasteiger charge is -2.08. The van der Waals surface area contributed by atoms with Crippen molar-refractivity contribution in [2.75, 3.05) is 5.73 Å². The van der Waals surface area contributed by atoms with Crippen molar-refractivity contribution >= 4 is 25.9 Å². The Hall–Kier alpha value is -1.16. The lowest BCUT2D eigenvalue weighted by Crippen LogP contribution is -2.08. The highest BCUT2D eigenvalue weighted by atomic mass is 32.2. The number of nitrogens with two attached hydrogens (primary N) is 1. The van der Waals surface area contributed by atoms with Crippen LogP contribution < -0.4 is 5.73 Å². The molecule has 0 spiro atoms. The monoisotopic (exact) mass is 267 g/mol. The van der Waals surface area contributed by atoms with Crippen molar-refractivity contribution in [1.29, 1.82) is 0 Å². The van der Waals surface area contributed by atoms with Crippen LogP contribution in [0.1, 0.15) is 5.56 Å². The fourth-order valence-electron chi connectivity index (χ4n) is 1.27. The molecular weight excluding hydrogens is 258 g/mol. The van der Waals surface area contributed by atoms with Gasteiger partial charge in [-0.25, -0.2) is 0 Å². The predicted molar refractivity (Wildman–Crippen MR) is 55.2 cm³/mol. The van der Waals surface area contributed by atoms with Crippen molar-refractivity contribution in [2.24, 2.45) is 0 Å². The fourth-order valence-corrected chi connectivity index (χ4v) is 2.69. The third-order valence-electron chi connectivity index (χ3n) is 1.83.